The van der Waals surface area contributed by atoms with Crippen LogP contribution in [0, 0.1) is 0 Å². The Morgan fingerprint density at radius 1 is 1.00 bits per heavy atom. The van der Waals surface area contributed by atoms with E-state index in [0.29, 0.717) is 10.8 Å². The smallest absolute Gasteiger partial charge is 0.260 e. The molecule has 2 aromatic carbocycles. The van der Waals surface area contributed by atoms with Gasteiger partial charge in [0.1, 0.15) is 5.75 Å². The molecule has 132 valence electrons. The van der Waals surface area contributed by atoms with E-state index in [4.69, 9.17) is 16.3 Å². The highest BCUT2D eigenvalue weighted by atomic mass is 35.5. The Kier molecular flexibility index (Phi) is 5.82. The molecule has 25 heavy (non-hydrogen) atoms. The van der Waals surface area contributed by atoms with E-state index in [2.05, 4.69) is 36.1 Å². The molecule has 3 rings (SSSR count). The number of hydrogen-bond donors (Lipinski definition) is 0. The number of hydrogen-bond acceptors (Lipinski definition) is 3. The van der Waals surface area contributed by atoms with E-state index < -0.39 is 0 Å². The van der Waals surface area contributed by atoms with Crippen LogP contribution in [0.5, 0.6) is 5.75 Å². The van der Waals surface area contributed by atoms with E-state index in [-0.39, 0.29) is 12.5 Å². The molecule has 1 heterocycles. The molecule has 0 bridgehead atoms. The van der Waals surface area contributed by atoms with Gasteiger partial charge in [0.2, 0.25) is 0 Å². The maximum atomic E-state index is 12.3. The molecule has 1 amide bonds. The number of benzene rings is 2. The standard InChI is InChI=1S/C20H23ClN2O2/c1-2-16-3-7-18(8-4-16)22-11-13-23(14-12-22)20(24)15-25-19-9-5-17(21)6-10-19/h3-10H,2,11-15H2,1H3. The molecule has 0 spiro atoms. The van der Waals surface area contributed by atoms with Crippen LogP contribution in [0.15, 0.2) is 48.5 Å². The zero-order valence-electron chi connectivity index (χ0n) is 14.5. The minimum absolute atomic E-state index is 0.0240. The van der Waals surface area contributed by atoms with Gasteiger partial charge in [-0.1, -0.05) is 30.7 Å². The van der Waals surface area contributed by atoms with Gasteiger partial charge < -0.3 is 14.5 Å². The van der Waals surface area contributed by atoms with Gasteiger partial charge in [-0.05, 0) is 48.4 Å². The molecule has 0 atom stereocenters. The van der Waals surface area contributed by atoms with E-state index >= 15 is 0 Å². The zero-order valence-corrected chi connectivity index (χ0v) is 15.2. The number of piperazine rings is 1. The van der Waals surface area contributed by atoms with Gasteiger partial charge in [-0.2, -0.15) is 0 Å². The lowest BCUT2D eigenvalue weighted by Gasteiger charge is -2.36. The third-order valence-electron chi connectivity index (χ3n) is 4.52. The van der Waals surface area contributed by atoms with Gasteiger partial charge in [0.25, 0.3) is 5.91 Å². The first-order valence-electron chi connectivity index (χ1n) is 8.65. The minimum atomic E-state index is 0.0240. The fraction of sp³-hybridized carbons (Fsp3) is 0.350. The Bertz CT molecular complexity index is 693. The second-order valence-corrected chi connectivity index (χ2v) is 6.57. The molecule has 0 saturated carbocycles. The largest absolute Gasteiger partial charge is 0.484 e. The summed E-state index contributed by atoms with van der Waals surface area (Å²) in [5.74, 6) is 0.684. The molecule has 1 fully saturated rings. The number of ether oxygens (including phenoxy) is 1. The quantitative estimate of drug-likeness (QED) is 0.818. The van der Waals surface area contributed by atoms with Crippen molar-refractivity contribution >= 4 is 23.2 Å². The Morgan fingerprint density at radius 2 is 1.64 bits per heavy atom. The highest BCUT2D eigenvalue weighted by Crippen LogP contribution is 2.18. The molecule has 0 aromatic heterocycles. The fourth-order valence-electron chi connectivity index (χ4n) is 2.92. The molecule has 0 aliphatic carbocycles. The van der Waals surface area contributed by atoms with Crippen LogP contribution in [0.1, 0.15) is 12.5 Å². The molecule has 0 N–H and O–H groups in total. The third kappa shape index (κ3) is 4.67. The average molecular weight is 359 g/mol. The van der Waals surface area contributed by atoms with Gasteiger partial charge >= 0.3 is 0 Å². The first-order valence-corrected chi connectivity index (χ1v) is 9.03. The normalized spacial score (nSPS) is 14.5. The maximum absolute atomic E-state index is 12.3. The van der Waals surface area contributed by atoms with E-state index in [1.54, 1.807) is 24.3 Å². The number of amides is 1. The van der Waals surface area contributed by atoms with Crippen LogP contribution in [0.4, 0.5) is 5.69 Å². The Balaban J connectivity index is 1.47. The molecule has 1 aliphatic rings. The van der Waals surface area contributed by atoms with Crippen molar-refractivity contribution in [2.24, 2.45) is 0 Å². The molecule has 0 unspecified atom stereocenters. The number of carbonyl (C=O) groups is 1. The van der Waals surface area contributed by atoms with Gasteiger partial charge in [-0.3, -0.25) is 4.79 Å². The van der Waals surface area contributed by atoms with Crippen LogP contribution < -0.4 is 9.64 Å². The van der Waals surface area contributed by atoms with Gasteiger partial charge in [0.05, 0.1) is 0 Å². The predicted octanol–water partition coefficient (Wildman–Crippen LogP) is 3.63. The van der Waals surface area contributed by atoms with Crippen molar-refractivity contribution in [3.8, 4) is 5.75 Å². The SMILES string of the molecule is CCc1ccc(N2CCN(C(=O)COc3ccc(Cl)cc3)CC2)cc1. The van der Waals surface area contributed by atoms with Crippen LogP contribution >= 0.6 is 11.6 Å². The van der Waals surface area contributed by atoms with E-state index in [0.717, 1.165) is 32.6 Å². The van der Waals surface area contributed by atoms with E-state index in [1.165, 1.54) is 11.3 Å². The number of aryl methyl sites for hydroxylation is 1. The average Bonchev–Trinajstić information content (AvgIpc) is 2.67. The Labute approximate surface area is 154 Å². The van der Waals surface area contributed by atoms with Gasteiger partial charge in [-0.25, -0.2) is 0 Å². The van der Waals surface area contributed by atoms with Gasteiger partial charge in [0, 0.05) is 36.9 Å². The topological polar surface area (TPSA) is 32.8 Å². The van der Waals surface area contributed by atoms with E-state index in [1.807, 2.05) is 4.90 Å². The Hall–Kier alpha value is -2.20. The van der Waals surface area contributed by atoms with Gasteiger partial charge in [-0.15, -0.1) is 0 Å². The van der Waals surface area contributed by atoms with Crippen LogP contribution in [-0.4, -0.2) is 43.6 Å². The second-order valence-electron chi connectivity index (χ2n) is 6.13. The summed E-state index contributed by atoms with van der Waals surface area (Å²) in [6.45, 7) is 5.35. The number of halogens is 1. The van der Waals surface area contributed by atoms with Crippen molar-refractivity contribution < 1.29 is 9.53 Å². The Morgan fingerprint density at radius 3 is 2.24 bits per heavy atom. The molecule has 2 aromatic rings. The summed E-state index contributed by atoms with van der Waals surface area (Å²) in [7, 11) is 0. The van der Waals surface area contributed by atoms with Crippen molar-refractivity contribution in [1.29, 1.82) is 0 Å². The monoisotopic (exact) mass is 358 g/mol. The van der Waals surface area contributed by atoms with E-state index in [9.17, 15) is 4.79 Å². The highest BCUT2D eigenvalue weighted by Gasteiger charge is 2.21. The number of carbonyl (C=O) groups excluding carboxylic acids is 1. The number of anilines is 1. The first-order chi connectivity index (χ1) is 12.2. The lowest BCUT2D eigenvalue weighted by molar-refractivity contribution is -0.133. The summed E-state index contributed by atoms with van der Waals surface area (Å²) in [5.41, 5.74) is 2.57. The highest BCUT2D eigenvalue weighted by molar-refractivity contribution is 6.30. The van der Waals surface area contributed by atoms with Crippen LogP contribution in [0.3, 0.4) is 0 Å². The number of nitrogens with zero attached hydrogens (tertiary/aromatic N) is 2. The van der Waals surface area contributed by atoms with Crippen LogP contribution in [-0.2, 0) is 11.2 Å². The first kappa shape index (κ1) is 17.6. The summed E-state index contributed by atoms with van der Waals surface area (Å²) in [6, 6.07) is 15.7. The molecular formula is C20H23ClN2O2. The molecule has 1 aliphatic heterocycles. The molecule has 4 nitrogen and oxygen atoms in total. The third-order valence-corrected chi connectivity index (χ3v) is 4.77. The van der Waals surface area contributed by atoms with Gasteiger partial charge in [0.15, 0.2) is 6.61 Å². The van der Waals surface area contributed by atoms with Crippen molar-refractivity contribution in [2.45, 2.75) is 13.3 Å². The molecule has 5 heteroatoms. The summed E-state index contributed by atoms with van der Waals surface area (Å²) >= 11 is 5.84. The van der Waals surface area contributed by atoms with Crippen molar-refractivity contribution in [1.82, 2.24) is 4.90 Å². The summed E-state index contributed by atoms with van der Waals surface area (Å²) in [4.78, 5) is 16.5. The van der Waals surface area contributed by atoms with Crippen molar-refractivity contribution in [3.63, 3.8) is 0 Å². The fourth-order valence-corrected chi connectivity index (χ4v) is 3.05. The molecule has 1 saturated heterocycles. The second kappa shape index (κ2) is 8.26. The maximum Gasteiger partial charge on any atom is 0.260 e. The van der Waals surface area contributed by atoms with Crippen molar-refractivity contribution in [3.05, 3.63) is 59.1 Å². The lowest BCUT2D eigenvalue weighted by Crippen LogP contribution is -2.50. The van der Waals surface area contributed by atoms with Crippen molar-refractivity contribution in [2.75, 3.05) is 37.7 Å². The zero-order chi connectivity index (χ0) is 17.6. The number of rotatable bonds is 5. The molecular weight excluding hydrogens is 336 g/mol. The van der Waals surface area contributed by atoms with Crippen LogP contribution in [0.2, 0.25) is 5.02 Å². The summed E-state index contributed by atoms with van der Waals surface area (Å²) in [6.07, 6.45) is 1.05. The van der Waals surface area contributed by atoms with Crippen LogP contribution in [0.25, 0.3) is 0 Å². The lowest BCUT2D eigenvalue weighted by atomic mass is 10.1. The summed E-state index contributed by atoms with van der Waals surface area (Å²) < 4.78 is 5.55. The summed E-state index contributed by atoms with van der Waals surface area (Å²) in [5, 5.41) is 0.654. The predicted molar refractivity (Wildman–Crippen MR) is 102 cm³/mol. The molecule has 0 radical (unpaired) electrons. The minimum Gasteiger partial charge on any atom is -0.484 e.